The van der Waals surface area contributed by atoms with Crippen LogP contribution in [0.1, 0.15) is 37.8 Å². The average Bonchev–Trinajstić information content (AvgIpc) is 2.84. The van der Waals surface area contributed by atoms with Gasteiger partial charge in [0.25, 0.3) is 11.8 Å². The lowest BCUT2D eigenvalue weighted by Gasteiger charge is -2.14. The highest BCUT2D eigenvalue weighted by molar-refractivity contribution is 6.05. The maximum Gasteiger partial charge on any atom is 0.251 e. The molecule has 118 valence electrons. The van der Waals surface area contributed by atoms with Crippen molar-refractivity contribution in [3.8, 4) is 0 Å². The molecular formula is C16H21N3O3. The zero-order chi connectivity index (χ0) is 16.1. The van der Waals surface area contributed by atoms with Gasteiger partial charge in [-0.25, -0.2) is 0 Å². The third-order valence-corrected chi connectivity index (χ3v) is 3.87. The first-order chi connectivity index (χ1) is 10.6. The van der Waals surface area contributed by atoms with Crippen molar-refractivity contribution in [3.63, 3.8) is 0 Å². The number of hydrogen-bond acceptors (Lipinski definition) is 3. The van der Waals surface area contributed by atoms with Gasteiger partial charge in [0.15, 0.2) is 0 Å². The molecule has 1 saturated heterocycles. The minimum Gasteiger partial charge on any atom is -0.326 e. The molecule has 0 radical (unpaired) electrons. The summed E-state index contributed by atoms with van der Waals surface area (Å²) in [4.78, 5) is 35.0. The van der Waals surface area contributed by atoms with Crippen molar-refractivity contribution in [3.05, 3.63) is 29.3 Å². The van der Waals surface area contributed by atoms with Gasteiger partial charge >= 0.3 is 0 Å². The summed E-state index contributed by atoms with van der Waals surface area (Å²) < 4.78 is 0. The second kappa shape index (κ2) is 7.06. The molecule has 6 heteroatoms. The summed E-state index contributed by atoms with van der Waals surface area (Å²) in [7, 11) is 0. The molecule has 3 amide bonds. The van der Waals surface area contributed by atoms with Gasteiger partial charge in [0.1, 0.15) is 5.92 Å². The van der Waals surface area contributed by atoms with E-state index in [1.165, 1.54) is 0 Å². The van der Waals surface area contributed by atoms with Gasteiger partial charge in [0.05, 0.1) is 0 Å². The summed E-state index contributed by atoms with van der Waals surface area (Å²) in [5.74, 6) is -1.71. The first-order valence-electron chi connectivity index (χ1n) is 7.57. The van der Waals surface area contributed by atoms with E-state index >= 15 is 0 Å². The van der Waals surface area contributed by atoms with Crippen LogP contribution in [0, 0.1) is 5.92 Å². The van der Waals surface area contributed by atoms with Crippen LogP contribution in [-0.4, -0.2) is 17.7 Å². The fourth-order valence-corrected chi connectivity index (χ4v) is 2.56. The smallest absolute Gasteiger partial charge is 0.251 e. The van der Waals surface area contributed by atoms with Crippen molar-refractivity contribution >= 4 is 23.4 Å². The normalized spacial score (nSPS) is 14.6. The molecule has 0 spiro atoms. The Morgan fingerprint density at radius 1 is 1.09 bits per heavy atom. The molecule has 1 fully saturated rings. The second-order valence-corrected chi connectivity index (χ2v) is 5.28. The molecule has 6 nitrogen and oxygen atoms in total. The molecule has 1 aliphatic heterocycles. The molecule has 0 unspecified atom stereocenters. The zero-order valence-corrected chi connectivity index (χ0v) is 12.9. The first-order valence-corrected chi connectivity index (χ1v) is 7.57. The highest BCUT2D eigenvalue weighted by Gasteiger charge is 2.32. The number of amides is 3. The molecule has 1 aromatic carbocycles. The molecule has 1 aliphatic rings. The molecule has 0 aliphatic carbocycles. The third kappa shape index (κ3) is 3.44. The van der Waals surface area contributed by atoms with Crippen LogP contribution in [0.3, 0.4) is 0 Å². The van der Waals surface area contributed by atoms with Crippen LogP contribution < -0.4 is 16.2 Å². The topological polar surface area (TPSA) is 87.3 Å². The van der Waals surface area contributed by atoms with E-state index in [1.54, 1.807) is 0 Å². The fraction of sp³-hybridized carbons (Fsp3) is 0.438. The number of anilines is 1. The van der Waals surface area contributed by atoms with Crippen LogP contribution in [0.15, 0.2) is 18.2 Å². The van der Waals surface area contributed by atoms with Gasteiger partial charge in [-0.2, -0.15) is 0 Å². The Morgan fingerprint density at radius 3 is 2.14 bits per heavy atom. The Morgan fingerprint density at radius 2 is 1.64 bits per heavy atom. The predicted octanol–water partition coefficient (Wildman–Crippen LogP) is 1.31. The molecule has 0 aromatic heterocycles. The van der Waals surface area contributed by atoms with Crippen LogP contribution >= 0.6 is 0 Å². The zero-order valence-electron chi connectivity index (χ0n) is 12.9. The number of para-hydroxylation sites is 1. The van der Waals surface area contributed by atoms with Gasteiger partial charge in [0.2, 0.25) is 5.91 Å². The molecule has 22 heavy (non-hydrogen) atoms. The molecule has 3 N–H and O–H groups in total. The molecule has 1 heterocycles. The van der Waals surface area contributed by atoms with E-state index in [-0.39, 0.29) is 30.6 Å². The van der Waals surface area contributed by atoms with Gasteiger partial charge in [0, 0.05) is 12.1 Å². The van der Waals surface area contributed by atoms with Crippen molar-refractivity contribution in [1.82, 2.24) is 10.9 Å². The number of benzene rings is 1. The number of nitrogens with one attached hydrogen (secondary N) is 3. The van der Waals surface area contributed by atoms with Crippen molar-refractivity contribution in [2.45, 2.75) is 39.5 Å². The first kappa shape index (κ1) is 16.0. The highest BCUT2D eigenvalue weighted by Crippen LogP contribution is 2.23. The second-order valence-electron chi connectivity index (χ2n) is 5.28. The van der Waals surface area contributed by atoms with Crippen LogP contribution in [0.5, 0.6) is 0 Å². The highest BCUT2D eigenvalue weighted by atomic mass is 16.2. The maximum atomic E-state index is 12.1. The van der Waals surface area contributed by atoms with E-state index < -0.39 is 5.92 Å². The van der Waals surface area contributed by atoms with Crippen LogP contribution in [0.25, 0.3) is 0 Å². The lowest BCUT2D eigenvalue weighted by molar-refractivity contribution is -0.128. The molecule has 0 bridgehead atoms. The van der Waals surface area contributed by atoms with E-state index in [2.05, 4.69) is 16.2 Å². The van der Waals surface area contributed by atoms with E-state index in [1.807, 2.05) is 32.0 Å². The van der Waals surface area contributed by atoms with Crippen LogP contribution in [0.2, 0.25) is 0 Å². The van der Waals surface area contributed by atoms with E-state index in [0.29, 0.717) is 0 Å². The average molecular weight is 303 g/mol. The van der Waals surface area contributed by atoms with Crippen LogP contribution in [0.4, 0.5) is 5.69 Å². The minimum absolute atomic E-state index is 0.132. The Balaban J connectivity index is 2.00. The SMILES string of the molecule is CCc1cccc(CC)c1NC(=O)CCC1C(=O)NNC1=O. The van der Waals surface area contributed by atoms with Gasteiger partial charge in [-0.3, -0.25) is 25.2 Å². The summed E-state index contributed by atoms with van der Waals surface area (Å²) in [5.41, 5.74) is 7.55. The maximum absolute atomic E-state index is 12.1. The van der Waals surface area contributed by atoms with E-state index in [4.69, 9.17) is 0 Å². The number of hydrazine groups is 1. The molecule has 1 aromatic rings. The van der Waals surface area contributed by atoms with E-state index in [9.17, 15) is 14.4 Å². The number of carbonyl (C=O) groups is 3. The lowest BCUT2D eigenvalue weighted by Crippen LogP contribution is -2.28. The summed E-state index contributed by atoms with van der Waals surface area (Å²) >= 11 is 0. The monoisotopic (exact) mass is 303 g/mol. The van der Waals surface area contributed by atoms with Crippen LogP contribution in [-0.2, 0) is 27.2 Å². The van der Waals surface area contributed by atoms with Crippen molar-refractivity contribution in [1.29, 1.82) is 0 Å². The largest absolute Gasteiger partial charge is 0.326 e. The Bertz CT molecular complexity index is 560. The Kier molecular flexibility index (Phi) is 5.14. The third-order valence-electron chi connectivity index (χ3n) is 3.87. The van der Waals surface area contributed by atoms with Gasteiger partial charge in [-0.15, -0.1) is 0 Å². The van der Waals surface area contributed by atoms with Gasteiger partial charge < -0.3 is 5.32 Å². The molecule has 0 atom stereocenters. The van der Waals surface area contributed by atoms with E-state index in [0.717, 1.165) is 29.7 Å². The van der Waals surface area contributed by atoms with Crippen molar-refractivity contribution < 1.29 is 14.4 Å². The predicted molar refractivity (Wildman–Crippen MR) is 82.8 cm³/mol. The number of rotatable bonds is 6. The van der Waals surface area contributed by atoms with Gasteiger partial charge in [-0.05, 0) is 30.4 Å². The Labute approximate surface area is 129 Å². The summed E-state index contributed by atoms with van der Waals surface area (Å²) in [6.07, 6.45) is 2.00. The van der Waals surface area contributed by atoms with Crippen molar-refractivity contribution in [2.24, 2.45) is 5.92 Å². The summed E-state index contributed by atoms with van der Waals surface area (Å²) in [5, 5.41) is 2.93. The quantitative estimate of drug-likeness (QED) is 0.692. The fourth-order valence-electron chi connectivity index (χ4n) is 2.56. The summed E-state index contributed by atoms with van der Waals surface area (Å²) in [6.45, 7) is 4.08. The lowest BCUT2D eigenvalue weighted by atomic mass is 10.0. The Hall–Kier alpha value is -2.37. The number of hydrogen-bond donors (Lipinski definition) is 3. The van der Waals surface area contributed by atoms with Crippen molar-refractivity contribution in [2.75, 3.05) is 5.32 Å². The number of carbonyl (C=O) groups excluding carboxylic acids is 3. The van der Waals surface area contributed by atoms with Gasteiger partial charge in [-0.1, -0.05) is 32.0 Å². The summed E-state index contributed by atoms with van der Waals surface area (Å²) in [6, 6.07) is 5.97. The molecular weight excluding hydrogens is 282 g/mol. The molecule has 2 rings (SSSR count). The minimum atomic E-state index is -0.780. The standard InChI is InChI=1S/C16H21N3O3/c1-3-10-6-5-7-11(4-2)14(10)17-13(20)9-8-12-15(21)18-19-16(12)22/h5-7,12H,3-4,8-9H2,1-2H3,(H,17,20)(H,18,21)(H,19,22). The molecule has 0 saturated carbocycles. The number of aryl methyl sites for hydroxylation is 2.